The number of hydrogen-bond donors (Lipinski definition) is 0. The Morgan fingerprint density at radius 2 is 1.72 bits per heavy atom. The van der Waals surface area contributed by atoms with E-state index in [2.05, 4.69) is 6.58 Å². The molecule has 0 amide bonds. The molecule has 104 valence electrons. The monoisotopic (exact) mass is 256 g/mol. The molecule has 4 heteroatoms. The predicted octanol–water partition coefficient (Wildman–Crippen LogP) is 2.51. The van der Waals surface area contributed by atoms with E-state index in [1.807, 2.05) is 0 Å². The van der Waals surface area contributed by atoms with Gasteiger partial charge in [-0.3, -0.25) is 9.59 Å². The van der Waals surface area contributed by atoms with E-state index in [1.165, 1.54) is 0 Å². The maximum atomic E-state index is 11.8. The summed E-state index contributed by atoms with van der Waals surface area (Å²) in [4.78, 5) is 23.1. The zero-order valence-electron chi connectivity index (χ0n) is 12.2. The van der Waals surface area contributed by atoms with Crippen LogP contribution in [-0.2, 0) is 19.1 Å². The van der Waals surface area contributed by atoms with Gasteiger partial charge in [0.2, 0.25) is 0 Å². The fourth-order valence-corrected chi connectivity index (χ4v) is 1.47. The van der Waals surface area contributed by atoms with Crippen molar-refractivity contribution >= 4 is 11.8 Å². The molecule has 1 unspecified atom stereocenters. The standard InChI is InChI=1S/C14H24O4/c1-9(2)12(15)14(6,7)18-11(5)8-17-13(16)10(3)4/h10-11H,1,8H2,2-7H3. The molecule has 0 aliphatic rings. The van der Waals surface area contributed by atoms with Crippen LogP contribution in [0.2, 0.25) is 0 Å². The maximum absolute atomic E-state index is 11.8. The van der Waals surface area contributed by atoms with Gasteiger partial charge in [-0.05, 0) is 33.3 Å². The van der Waals surface area contributed by atoms with E-state index in [9.17, 15) is 9.59 Å². The third kappa shape index (κ3) is 5.45. The number of hydrogen-bond acceptors (Lipinski definition) is 4. The molecule has 0 saturated carbocycles. The molecule has 4 nitrogen and oxygen atoms in total. The van der Waals surface area contributed by atoms with Crippen molar-refractivity contribution in [2.24, 2.45) is 5.92 Å². The number of carbonyl (C=O) groups is 2. The van der Waals surface area contributed by atoms with Gasteiger partial charge in [-0.25, -0.2) is 0 Å². The molecular formula is C14H24O4. The first-order chi connectivity index (χ1) is 8.08. The van der Waals surface area contributed by atoms with Crippen molar-refractivity contribution in [3.05, 3.63) is 12.2 Å². The van der Waals surface area contributed by atoms with E-state index in [-0.39, 0.29) is 30.4 Å². The summed E-state index contributed by atoms with van der Waals surface area (Å²) in [5, 5.41) is 0. The van der Waals surface area contributed by atoms with Crippen LogP contribution < -0.4 is 0 Å². The Morgan fingerprint density at radius 1 is 1.22 bits per heavy atom. The van der Waals surface area contributed by atoms with E-state index in [0.717, 1.165) is 0 Å². The molecule has 0 heterocycles. The molecule has 0 aromatic rings. The van der Waals surface area contributed by atoms with Gasteiger partial charge in [0.1, 0.15) is 12.2 Å². The van der Waals surface area contributed by atoms with Crippen LogP contribution in [0, 0.1) is 5.92 Å². The summed E-state index contributed by atoms with van der Waals surface area (Å²) in [5.41, 5.74) is -0.499. The first kappa shape index (κ1) is 16.8. The Morgan fingerprint density at radius 3 is 2.11 bits per heavy atom. The number of carbonyl (C=O) groups excluding carboxylic acids is 2. The lowest BCUT2D eigenvalue weighted by Crippen LogP contribution is -2.40. The molecule has 0 radical (unpaired) electrons. The second kappa shape index (κ2) is 6.69. The molecule has 0 aliphatic heterocycles. The van der Waals surface area contributed by atoms with Gasteiger partial charge in [0.15, 0.2) is 5.78 Å². The molecule has 0 fully saturated rings. The minimum Gasteiger partial charge on any atom is -0.463 e. The molecule has 0 spiro atoms. The van der Waals surface area contributed by atoms with Crippen LogP contribution in [0.3, 0.4) is 0 Å². The predicted molar refractivity (Wildman–Crippen MR) is 70.2 cm³/mol. The topological polar surface area (TPSA) is 52.6 Å². The average molecular weight is 256 g/mol. The minimum atomic E-state index is -0.949. The average Bonchev–Trinajstić information content (AvgIpc) is 2.23. The van der Waals surface area contributed by atoms with Crippen molar-refractivity contribution in [2.45, 2.75) is 53.2 Å². The van der Waals surface area contributed by atoms with Crippen LogP contribution in [0.4, 0.5) is 0 Å². The van der Waals surface area contributed by atoms with Crippen LogP contribution in [-0.4, -0.2) is 30.1 Å². The third-order valence-corrected chi connectivity index (χ3v) is 2.36. The van der Waals surface area contributed by atoms with Gasteiger partial charge in [-0.1, -0.05) is 20.4 Å². The number of ketones is 1. The van der Waals surface area contributed by atoms with E-state index >= 15 is 0 Å². The normalized spacial score (nSPS) is 13.3. The van der Waals surface area contributed by atoms with Crippen LogP contribution in [0.15, 0.2) is 12.2 Å². The first-order valence-electron chi connectivity index (χ1n) is 6.12. The maximum Gasteiger partial charge on any atom is 0.308 e. The fourth-order valence-electron chi connectivity index (χ4n) is 1.47. The Labute approximate surface area is 109 Å². The summed E-state index contributed by atoms with van der Waals surface area (Å²) in [6, 6.07) is 0. The second-order valence-electron chi connectivity index (χ2n) is 5.33. The smallest absolute Gasteiger partial charge is 0.308 e. The van der Waals surface area contributed by atoms with Gasteiger partial charge in [0, 0.05) is 0 Å². The molecule has 0 aromatic carbocycles. The Hall–Kier alpha value is -1.16. The van der Waals surface area contributed by atoms with Gasteiger partial charge in [-0.15, -0.1) is 0 Å². The van der Waals surface area contributed by atoms with Crippen molar-refractivity contribution in [2.75, 3.05) is 6.61 Å². The highest BCUT2D eigenvalue weighted by molar-refractivity contribution is 6.00. The largest absolute Gasteiger partial charge is 0.463 e. The highest BCUT2D eigenvalue weighted by atomic mass is 16.6. The molecular weight excluding hydrogens is 232 g/mol. The van der Waals surface area contributed by atoms with Crippen molar-refractivity contribution in [1.82, 2.24) is 0 Å². The molecule has 0 rings (SSSR count). The molecule has 0 aliphatic carbocycles. The highest BCUT2D eigenvalue weighted by Crippen LogP contribution is 2.17. The lowest BCUT2D eigenvalue weighted by atomic mass is 9.98. The molecule has 0 saturated heterocycles. The van der Waals surface area contributed by atoms with Crippen LogP contribution in [0.5, 0.6) is 0 Å². The lowest BCUT2D eigenvalue weighted by molar-refractivity contribution is -0.159. The molecule has 0 bridgehead atoms. The third-order valence-electron chi connectivity index (χ3n) is 2.36. The second-order valence-corrected chi connectivity index (χ2v) is 5.33. The van der Waals surface area contributed by atoms with Crippen LogP contribution >= 0.6 is 0 Å². The van der Waals surface area contributed by atoms with Gasteiger partial charge in [0.25, 0.3) is 0 Å². The van der Waals surface area contributed by atoms with Crippen molar-refractivity contribution in [3.8, 4) is 0 Å². The molecule has 1 atom stereocenters. The summed E-state index contributed by atoms with van der Waals surface area (Å²) < 4.78 is 10.7. The van der Waals surface area contributed by atoms with E-state index in [0.29, 0.717) is 5.57 Å². The number of ether oxygens (including phenoxy) is 2. The number of esters is 1. The SMILES string of the molecule is C=C(C)C(=O)C(C)(C)OC(C)COC(=O)C(C)C. The van der Waals surface area contributed by atoms with Crippen molar-refractivity contribution in [3.63, 3.8) is 0 Å². The molecule has 0 N–H and O–H groups in total. The molecule has 18 heavy (non-hydrogen) atoms. The first-order valence-corrected chi connectivity index (χ1v) is 6.12. The summed E-state index contributed by atoms with van der Waals surface area (Å²) in [6.45, 7) is 14.1. The van der Waals surface area contributed by atoms with Gasteiger partial charge in [0.05, 0.1) is 12.0 Å². The Balaban J connectivity index is 4.31. The summed E-state index contributed by atoms with van der Waals surface area (Å²) in [7, 11) is 0. The van der Waals surface area contributed by atoms with E-state index in [1.54, 1.807) is 41.5 Å². The number of rotatable bonds is 7. The van der Waals surface area contributed by atoms with Crippen molar-refractivity contribution in [1.29, 1.82) is 0 Å². The van der Waals surface area contributed by atoms with Crippen LogP contribution in [0.1, 0.15) is 41.5 Å². The Kier molecular flexibility index (Phi) is 6.26. The quantitative estimate of drug-likeness (QED) is 0.519. The minimum absolute atomic E-state index is 0.143. The summed E-state index contributed by atoms with van der Waals surface area (Å²) in [6.07, 6.45) is -0.342. The van der Waals surface area contributed by atoms with E-state index < -0.39 is 5.60 Å². The van der Waals surface area contributed by atoms with Crippen molar-refractivity contribution < 1.29 is 19.1 Å². The molecule has 0 aromatic heterocycles. The zero-order valence-corrected chi connectivity index (χ0v) is 12.2. The lowest BCUT2D eigenvalue weighted by Gasteiger charge is -2.28. The van der Waals surface area contributed by atoms with Crippen LogP contribution in [0.25, 0.3) is 0 Å². The van der Waals surface area contributed by atoms with E-state index in [4.69, 9.17) is 9.47 Å². The number of Topliss-reactive ketones (excluding diaryl/α,β-unsaturated/α-hetero) is 1. The van der Waals surface area contributed by atoms with Gasteiger partial charge >= 0.3 is 5.97 Å². The summed E-state index contributed by atoms with van der Waals surface area (Å²) >= 11 is 0. The summed E-state index contributed by atoms with van der Waals surface area (Å²) in [5.74, 6) is -0.582. The Bertz CT molecular complexity index is 329. The highest BCUT2D eigenvalue weighted by Gasteiger charge is 2.31. The van der Waals surface area contributed by atoms with Gasteiger partial charge < -0.3 is 9.47 Å². The zero-order chi connectivity index (χ0) is 14.5. The fraction of sp³-hybridized carbons (Fsp3) is 0.714. The van der Waals surface area contributed by atoms with Gasteiger partial charge in [-0.2, -0.15) is 0 Å².